The summed E-state index contributed by atoms with van der Waals surface area (Å²) in [4.78, 5) is 2.27. The molecule has 1 aromatic carbocycles. The van der Waals surface area contributed by atoms with Crippen LogP contribution in [-0.2, 0) is 19.6 Å². The summed E-state index contributed by atoms with van der Waals surface area (Å²) >= 11 is 0. The molecule has 0 saturated heterocycles. The van der Waals surface area contributed by atoms with Crippen molar-refractivity contribution in [2.24, 2.45) is 0 Å². The standard InChI is InChI=1S/C17H24N2O2/c1-4-18-11-17-15(8-9-21-17)13-19(2)12-14-6-5-7-16(10-14)20-3/h5-10,18H,4,11-13H2,1-3H3. The Morgan fingerprint density at radius 1 is 1.24 bits per heavy atom. The molecular weight excluding hydrogens is 264 g/mol. The minimum Gasteiger partial charge on any atom is -0.497 e. The molecule has 2 aromatic rings. The van der Waals surface area contributed by atoms with E-state index in [0.717, 1.165) is 37.7 Å². The highest BCUT2D eigenvalue weighted by Crippen LogP contribution is 2.17. The number of nitrogens with zero attached hydrogens (tertiary/aromatic N) is 1. The van der Waals surface area contributed by atoms with Crippen LogP contribution in [0.2, 0.25) is 0 Å². The highest BCUT2D eigenvalue weighted by molar-refractivity contribution is 5.28. The first-order valence-electron chi connectivity index (χ1n) is 7.30. The largest absolute Gasteiger partial charge is 0.497 e. The van der Waals surface area contributed by atoms with Gasteiger partial charge in [0, 0.05) is 18.7 Å². The van der Waals surface area contributed by atoms with E-state index in [4.69, 9.17) is 9.15 Å². The topological polar surface area (TPSA) is 37.6 Å². The number of hydrogen-bond donors (Lipinski definition) is 1. The summed E-state index contributed by atoms with van der Waals surface area (Å²) in [6.45, 7) is 5.57. The fourth-order valence-electron chi connectivity index (χ4n) is 2.33. The molecule has 0 unspecified atom stereocenters. The van der Waals surface area contributed by atoms with Gasteiger partial charge in [0.25, 0.3) is 0 Å². The molecule has 0 aliphatic rings. The van der Waals surface area contributed by atoms with Gasteiger partial charge in [-0.3, -0.25) is 4.90 Å². The zero-order valence-corrected chi connectivity index (χ0v) is 13.1. The molecule has 0 aliphatic heterocycles. The highest BCUT2D eigenvalue weighted by atomic mass is 16.5. The first-order chi connectivity index (χ1) is 10.2. The van der Waals surface area contributed by atoms with Crippen LogP contribution in [0.25, 0.3) is 0 Å². The number of ether oxygens (including phenoxy) is 1. The number of hydrogen-bond acceptors (Lipinski definition) is 4. The third kappa shape index (κ3) is 4.62. The van der Waals surface area contributed by atoms with Crippen LogP contribution < -0.4 is 10.1 Å². The predicted molar refractivity (Wildman–Crippen MR) is 84.3 cm³/mol. The van der Waals surface area contributed by atoms with Crippen molar-refractivity contribution in [2.45, 2.75) is 26.6 Å². The quantitative estimate of drug-likeness (QED) is 0.810. The SMILES string of the molecule is CCNCc1occc1CN(C)Cc1cccc(OC)c1. The van der Waals surface area contributed by atoms with Crippen molar-refractivity contribution in [1.29, 1.82) is 0 Å². The van der Waals surface area contributed by atoms with Gasteiger partial charge in [0.15, 0.2) is 0 Å². The summed E-state index contributed by atoms with van der Waals surface area (Å²) in [6.07, 6.45) is 1.77. The highest BCUT2D eigenvalue weighted by Gasteiger charge is 2.09. The second-order valence-electron chi connectivity index (χ2n) is 5.17. The number of benzene rings is 1. The molecule has 1 N–H and O–H groups in total. The van der Waals surface area contributed by atoms with Crippen LogP contribution in [0.4, 0.5) is 0 Å². The van der Waals surface area contributed by atoms with Crippen molar-refractivity contribution in [2.75, 3.05) is 20.7 Å². The van der Waals surface area contributed by atoms with E-state index in [1.54, 1.807) is 13.4 Å². The smallest absolute Gasteiger partial charge is 0.122 e. The summed E-state index contributed by atoms with van der Waals surface area (Å²) in [7, 11) is 3.81. The van der Waals surface area contributed by atoms with E-state index in [0.29, 0.717) is 0 Å². The normalized spacial score (nSPS) is 11.0. The van der Waals surface area contributed by atoms with Crippen LogP contribution in [0.15, 0.2) is 41.0 Å². The molecule has 1 aromatic heterocycles. The molecule has 0 atom stereocenters. The minimum absolute atomic E-state index is 0.784. The van der Waals surface area contributed by atoms with Gasteiger partial charge >= 0.3 is 0 Å². The minimum atomic E-state index is 0.784. The Balaban J connectivity index is 1.94. The van der Waals surface area contributed by atoms with Crippen molar-refractivity contribution < 1.29 is 9.15 Å². The van der Waals surface area contributed by atoms with Gasteiger partial charge in [0.1, 0.15) is 11.5 Å². The number of methoxy groups -OCH3 is 1. The average molecular weight is 288 g/mol. The maximum absolute atomic E-state index is 5.55. The van der Waals surface area contributed by atoms with Crippen molar-refractivity contribution in [3.63, 3.8) is 0 Å². The summed E-state index contributed by atoms with van der Waals surface area (Å²) in [6, 6.07) is 10.2. The Bertz CT molecular complexity index is 551. The van der Waals surface area contributed by atoms with Crippen LogP contribution in [0.3, 0.4) is 0 Å². The lowest BCUT2D eigenvalue weighted by Crippen LogP contribution is -2.19. The number of furan rings is 1. The Morgan fingerprint density at radius 2 is 2.10 bits per heavy atom. The van der Waals surface area contributed by atoms with Gasteiger partial charge in [-0.05, 0) is 37.4 Å². The molecule has 21 heavy (non-hydrogen) atoms. The first kappa shape index (κ1) is 15.6. The first-order valence-corrected chi connectivity index (χ1v) is 7.30. The Morgan fingerprint density at radius 3 is 2.86 bits per heavy atom. The van der Waals surface area contributed by atoms with Gasteiger partial charge in [-0.15, -0.1) is 0 Å². The molecule has 2 rings (SSSR count). The Hall–Kier alpha value is -1.78. The summed E-state index contributed by atoms with van der Waals surface area (Å²) in [5.74, 6) is 1.92. The maximum Gasteiger partial charge on any atom is 0.122 e. The van der Waals surface area contributed by atoms with Gasteiger partial charge in [-0.1, -0.05) is 19.1 Å². The number of nitrogens with one attached hydrogen (secondary N) is 1. The van der Waals surface area contributed by atoms with E-state index in [9.17, 15) is 0 Å². The fourth-order valence-corrected chi connectivity index (χ4v) is 2.33. The van der Waals surface area contributed by atoms with E-state index in [1.165, 1.54) is 11.1 Å². The van der Waals surface area contributed by atoms with Gasteiger partial charge in [-0.2, -0.15) is 0 Å². The Kier molecular flexibility index (Phi) is 5.84. The third-order valence-corrected chi connectivity index (χ3v) is 3.40. The van der Waals surface area contributed by atoms with Crippen LogP contribution in [0.1, 0.15) is 23.8 Å². The predicted octanol–water partition coefficient (Wildman–Crippen LogP) is 3.03. The van der Waals surface area contributed by atoms with Crippen LogP contribution in [0, 0.1) is 0 Å². The summed E-state index contributed by atoms with van der Waals surface area (Å²) in [5.41, 5.74) is 2.48. The summed E-state index contributed by atoms with van der Waals surface area (Å²) < 4.78 is 10.8. The molecule has 0 fully saturated rings. The van der Waals surface area contributed by atoms with E-state index in [1.807, 2.05) is 12.1 Å². The molecule has 4 heteroatoms. The molecule has 114 valence electrons. The third-order valence-electron chi connectivity index (χ3n) is 3.40. The maximum atomic E-state index is 5.55. The Labute approximate surface area is 126 Å². The van der Waals surface area contributed by atoms with Crippen LogP contribution in [0.5, 0.6) is 5.75 Å². The molecular formula is C17H24N2O2. The lowest BCUT2D eigenvalue weighted by Gasteiger charge is -2.17. The van der Waals surface area contributed by atoms with Gasteiger partial charge in [0.2, 0.25) is 0 Å². The molecule has 0 saturated carbocycles. The van der Waals surface area contributed by atoms with Crippen molar-refractivity contribution in [3.8, 4) is 5.75 Å². The molecule has 0 radical (unpaired) electrons. The van der Waals surface area contributed by atoms with E-state index >= 15 is 0 Å². The second-order valence-corrected chi connectivity index (χ2v) is 5.17. The van der Waals surface area contributed by atoms with Crippen LogP contribution in [-0.4, -0.2) is 25.6 Å². The monoisotopic (exact) mass is 288 g/mol. The van der Waals surface area contributed by atoms with Crippen LogP contribution >= 0.6 is 0 Å². The molecule has 1 heterocycles. The van der Waals surface area contributed by atoms with Gasteiger partial charge in [-0.25, -0.2) is 0 Å². The van der Waals surface area contributed by atoms with E-state index in [-0.39, 0.29) is 0 Å². The zero-order chi connectivity index (χ0) is 15.1. The molecule has 0 aliphatic carbocycles. The fraction of sp³-hybridized carbons (Fsp3) is 0.412. The molecule has 0 bridgehead atoms. The van der Waals surface area contributed by atoms with Crippen molar-refractivity contribution in [3.05, 3.63) is 53.5 Å². The molecule has 4 nitrogen and oxygen atoms in total. The summed E-state index contributed by atoms with van der Waals surface area (Å²) in [5, 5.41) is 3.30. The zero-order valence-electron chi connectivity index (χ0n) is 13.1. The number of rotatable bonds is 8. The lowest BCUT2D eigenvalue weighted by atomic mass is 10.2. The van der Waals surface area contributed by atoms with Gasteiger partial charge in [0.05, 0.1) is 19.9 Å². The average Bonchev–Trinajstić information content (AvgIpc) is 2.92. The van der Waals surface area contributed by atoms with Crippen molar-refractivity contribution >= 4 is 0 Å². The molecule has 0 spiro atoms. The van der Waals surface area contributed by atoms with Crippen molar-refractivity contribution in [1.82, 2.24) is 10.2 Å². The second kappa shape index (κ2) is 7.86. The van der Waals surface area contributed by atoms with E-state index in [2.05, 4.69) is 42.4 Å². The lowest BCUT2D eigenvalue weighted by molar-refractivity contribution is 0.314. The van der Waals surface area contributed by atoms with E-state index < -0.39 is 0 Å². The van der Waals surface area contributed by atoms with Gasteiger partial charge < -0.3 is 14.5 Å². The molecule has 0 amide bonds.